The Morgan fingerprint density at radius 2 is 1.50 bits per heavy atom. The van der Waals surface area contributed by atoms with Gasteiger partial charge in [0, 0.05) is 27.9 Å². The molecule has 0 bridgehead atoms. The number of rotatable bonds is 9. The van der Waals surface area contributed by atoms with E-state index in [1.807, 2.05) is 6.07 Å². The van der Waals surface area contributed by atoms with Gasteiger partial charge in [-0.05, 0) is 72.3 Å². The number of benzene rings is 4. The van der Waals surface area contributed by atoms with E-state index in [2.05, 4.69) is 10.6 Å². The maximum atomic E-state index is 13.2. The number of nitrogens with zero attached hydrogens (tertiary/aromatic N) is 1. The lowest BCUT2D eigenvalue weighted by Crippen LogP contribution is -2.30. The van der Waals surface area contributed by atoms with Crippen LogP contribution in [0.2, 0.25) is 5.02 Å². The van der Waals surface area contributed by atoms with Gasteiger partial charge in [-0.2, -0.15) is 0 Å². The minimum atomic E-state index is -0.706. The summed E-state index contributed by atoms with van der Waals surface area (Å²) < 4.78 is 0. The Hall–Kier alpha value is -5.34. The van der Waals surface area contributed by atoms with Crippen LogP contribution >= 0.6 is 11.6 Å². The van der Waals surface area contributed by atoms with Crippen LogP contribution in [-0.4, -0.2) is 22.5 Å². The fraction of sp³-hybridized carbons (Fsp3) is 0. The molecular formula is C31H22ClN3O5. The first-order valence-electron chi connectivity index (χ1n) is 12.0. The third kappa shape index (κ3) is 7.37. The molecule has 0 spiro atoms. The molecule has 0 atom stereocenters. The number of allylic oxidation sites excluding steroid dienone is 1. The van der Waals surface area contributed by atoms with Crippen LogP contribution < -0.4 is 10.6 Å². The number of anilines is 1. The van der Waals surface area contributed by atoms with E-state index in [0.29, 0.717) is 21.8 Å². The Balaban J connectivity index is 1.54. The molecular weight excluding hydrogens is 530 g/mol. The van der Waals surface area contributed by atoms with Crippen LogP contribution in [0.5, 0.6) is 0 Å². The SMILES string of the molecule is O=C(Nc1ccc(C(=O)/C=C/c2cccc(Cl)c2)cc1)/C(=C/c1ccccc1[N+](=O)[O-])NC(=O)c1ccccc1. The summed E-state index contributed by atoms with van der Waals surface area (Å²) in [6.07, 6.45) is 4.32. The lowest BCUT2D eigenvalue weighted by molar-refractivity contribution is -0.385. The second kappa shape index (κ2) is 12.9. The van der Waals surface area contributed by atoms with Crippen molar-refractivity contribution in [2.24, 2.45) is 0 Å². The minimum absolute atomic E-state index is 0.137. The first-order valence-corrected chi connectivity index (χ1v) is 12.4. The number of para-hydroxylation sites is 1. The summed E-state index contributed by atoms with van der Waals surface area (Å²) in [7, 11) is 0. The normalized spacial score (nSPS) is 11.2. The van der Waals surface area contributed by atoms with Crippen molar-refractivity contribution in [3.05, 3.63) is 152 Å². The monoisotopic (exact) mass is 551 g/mol. The molecule has 4 rings (SSSR count). The molecule has 2 amide bonds. The first-order chi connectivity index (χ1) is 19.3. The molecule has 0 unspecified atom stereocenters. The Kier molecular flexibility index (Phi) is 8.96. The van der Waals surface area contributed by atoms with Crippen molar-refractivity contribution in [2.45, 2.75) is 0 Å². The number of carbonyl (C=O) groups is 3. The van der Waals surface area contributed by atoms with Gasteiger partial charge < -0.3 is 10.6 Å². The van der Waals surface area contributed by atoms with Crippen LogP contribution in [-0.2, 0) is 4.79 Å². The van der Waals surface area contributed by atoms with Gasteiger partial charge in [-0.3, -0.25) is 24.5 Å². The van der Waals surface area contributed by atoms with Gasteiger partial charge in [0.15, 0.2) is 5.78 Å². The predicted molar refractivity (Wildman–Crippen MR) is 155 cm³/mol. The van der Waals surface area contributed by atoms with Crippen LogP contribution in [0.25, 0.3) is 12.2 Å². The molecule has 0 fully saturated rings. The number of nitro benzene ring substituents is 1. The summed E-state index contributed by atoms with van der Waals surface area (Å²) in [6, 6.07) is 27.4. The average molecular weight is 552 g/mol. The zero-order valence-corrected chi connectivity index (χ0v) is 21.7. The molecule has 0 aliphatic carbocycles. The van der Waals surface area contributed by atoms with E-state index in [9.17, 15) is 24.5 Å². The quantitative estimate of drug-likeness (QED) is 0.106. The standard InChI is InChI=1S/C31H22ClN3O5/c32-25-11-6-7-21(19-25)13-18-29(36)22-14-16-26(17-15-22)33-31(38)27(34-30(37)23-8-2-1-3-9-23)20-24-10-4-5-12-28(24)35(39)40/h1-20H,(H,33,38)(H,34,37)/b18-13+,27-20-. The van der Waals surface area contributed by atoms with E-state index in [4.69, 9.17) is 11.6 Å². The smallest absolute Gasteiger partial charge is 0.276 e. The highest BCUT2D eigenvalue weighted by Crippen LogP contribution is 2.21. The van der Waals surface area contributed by atoms with Crippen molar-refractivity contribution in [3.8, 4) is 0 Å². The summed E-state index contributed by atoms with van der Waals surface area (Å²) in [4.78, 5) is 49.5. The zero-order chi connectivity index (χ0) is 28.5. The summed E-state index contributed by atoms with van der Waals surface area (Å²) in [5.74, 6) is -1.51. The van der Waals surface area contributed by atoms with Crippen LogP contribution in [0.15, 0.2) is 115 Å². The van der Waals surface area contributed by atoms with Gasteiger partial charge in [0.2, 0.25) is 0 Å². The van der Waals surface area contributed by atoms with Gasteiger partial charge >= 0.3 is 0 Å². The number of halogens is 1. The number of hydrogen-bond donors (Lipinski definition) is 2. The van der Waals surface area contributed by atoms with E-state index < -0.39 is 16.7 Å². The molecule has 0 aliphatic heterocycles. The highest BCUT2D eigenvalue weighted by Gasteiger charge is 2.18. The maximum Gasteiger partial charge on any atom is 0.276 e. The topological polar surface area (TPSA) is 118 Å². The molecule has 4 aromatic carbocycles. The van der Waals surface area contributed by atoms with Crippen molar-refractivity contribution in [2.75, 3.05) is 5.32 Å². The summed E-state index contributed by atoms with van der Waals surface area (Å²) in [5.41, 5.74) is 1.53. The third-order valence-corrected chi connectivity index (χ3v) is 5.90. The zero-order valence-electron chi connectivity index (χ0n) is 20.9. The van der Waals surface area contributed by atoms with Crippen molar-refractivity contribution >= 4 is 52.7 Å². The number of amides is 2. The maximum absolute atomic E-state index is 13.2. The van der Waals surface area contributed by atoms with Gasteiger partial charge in [0.25, 0.3) is 17.5 Å². The van der Waals surface area contributed by atoms with Crippen molar-refractivity contribution in [1.82, 2.24) is 5.32 Å². The van der Waals surface area contributed by atoms with E-state index in [-0.39, 0.29) is 22.7 Å². The molecule has 0 aliphatic rings. The second-order valence-corrected chi connectivity index (χ2v) is 8.91. The number of ketones is 1. The number of nitro groups is 1. The Labute approximate surface area is 234 Å². The van der Waals surface area contributed by atoms with Gasteiger partial charge in [-0.15, -0.1) is 0 Å². The van der Waals surface area contributed by atoms with Crippen LogP contribution in [0.1, 0.15) is 31.8 Å². The molecule has 40 heavy (non-hydrogen) atoms. The number of nitrogens with one attached hydrogen (secondary N) is 2. The molecule has 0 saturated heterocycles. The highest BCUT2D eigenvalue weighted by atomic mass is 35.5. The third-order valence-electron chi connectivity index (χ3n) is 5.67. The predicted octanol–water partition coefficient (Wildman–Crippen LogP) is 6.55. The summed E-state index contributed by atoms with van der Waals surface area (Å²) in [6.45, 7) is 0. The average Bonchev–Trinajstić information content (AvgIpc) is 2.96. The Bertz CT molecular complexity index is 1630. The number of carbonyl (C=O) groups excluding carboxylic acids is 3. The minimum Gasteiger partial charge on any atom is -0.321 e. The van der Waals surface area contributed by atoms with Gasteiger partial charge in [0.05, 0.1) is 10.5 Å². The first kappa shape index (κ1) is 27.7. The fourth-order valence-electron chi connectivity index (χ4n) is 3.67. The highest BCUT2D eigenvalue weighted by molar-refractivity contribution is 6.30. The summed E-state index contributed by atoms with van der Waals surface area (Å²) in [5, 5.41) is 17.3. The van der Waals surface area contributed by atoms with E-state index in [1.165, 1.54) is 30.4 Å². The molecule has 9 heteroatoms. The van der Waals surface area contributed by atoms with E-state index >= 15 is 0 Å². The van der Waals surface area contributed by atoms with Crippen molar-refractivity contribution < 1.29 is 19.3 Å². The molecule has 0 radical (unpaired) electrons. The van der Waals surface area contributed by atoms with Crippen molar-refractivity contribution in [3.63, 3.8) is 0 Å². The lowest BCUT2D eigenvalue weighted by Gasteiger charge is -2.12. The molecule has 0 aromatic heterocycles. The van der Waals surface area contributed by atoms with Gasteiger partial charge in [-0.25, -0.2) is 0 Å². The molecule has 0 heterocycles. The second-order valence-electron chi connectivity index (χ2n) is 8.48. The molecule has 4 aromatic rings. The van der Waals surface area contributed by atoms with Crippen LogP contribution in [0.4, 0.5) is 11.4 Å². The summed E-state index contributed by atoms with van der Waals surface area (Å²) >= 11 is 5.97. The fourth-order valence-corrected chi connectivity index (χ4v) is 3.87. The van der Waals surface area contributed by atoms with Gasteiger partial charge in [-0.1, -0.05) is 60.1 Å². The largest absolute Gasteiger partial charge is 0.321 e. The molecule has 2 N–H and O–H groups in total. The van der Waals surface area contributed by atoms with E-state index in [1.54, 1.807) is 84.9 Å². The Morgan fingerprint density at radius 1 is 0.800 bits per heavy atom. The van der Waals surface area contributed by atoms with Gasteiger partial charge in [0.1, 0.15) is 5.70 Å². The van der Waals surface area contributed by atoms with Crippen LogP contribution in [0, 0.1) is 10.1 Å². The molecule has 8 nitrogen and oxygen atoms in total. The lowest BCUT2D eigenvalue weighted by atomic mass is 10.1. The number of hydrogen-bond acceptors (Lipinski definition) is 5. The van der Waals surface area contributed by atoms with E-state index in [0.717, 1.165) is 5.56 Å². The van der Waals surface area contributed by atoms with Crippen molar-refractivity contribution in [1.29, 1.82) is 0 Å². The molecule has 0 saturated carbocycles. The van der Waals surface area contributed by atoms with Crippen LogP contribution in [0.3, 0.4) is 0 Å². The Morgan fingerprint density at radius 3 is 2.20 bits per heavy atom. The molecule has 198 valence electrons.